The first-order valence-corrected chi connectivity index (χ1v) is 14.3. The van der Waals surface area contributed by atoms with Crippen LogP contribution in [0, 0.1) is 0 Å². The number of pyridine rings is 2. The van der Waals surface area contributed by atoms with E-state index >= 15 is 0 Å². The van der Waals surface area contributed by atoms with Crippen LogP contribution in [0.1, 0.15) is 0 Å². The monoisotopic (exact) mass is 532 g/mol. The first-order chi connectivity index (χ1) is 20.8. The minimum Gasteiger partial charge on any atom is -0.254 e. The van der Waals surface area contributed by atoms with Crippen LogP contribution in [0.25, 0.3) is 87.6 Å². The average Bonchev–Trinajstić information content (AvgIpc) is 3.07. The summed E-state index contributed by atoms with van der Waals surface area (Å²) in [6.45, 7) is 0. The molecule has 42 heavy (non-hydrogen) atoms. The number of aromatic nitrogens is 2. The molecule has 0 amide bonds. The van der Waals surface area contributed by atoms with Gasteiger partial charge in [-0.15, -0.1) is 0 Å². The Morgan fingerprint density at radius 2 is 1.07 bits per heavy atom. The average molecular weight is 533 g/mol. The minimum absolute atomic E-state index is 0.929. The molecule has 0 aliphatic heterocycles. The van der Waals surface area contributed by atoms with Gasteiger partial charge in [-0.3, -0.25) is 4.98 Å². The fourth-order valence-corrected chi connectivity index (χ4v) is 6.65. The van der Waals surface area contributed by atoms with E-state index in [0.29, 0.717) is 0 Å². The zero-order valence-electron chi connectivity index (χ0n) is 22.8. The zero-order valence-corrected chi connectivity index (χ0v) is 22.8. The van der Waals surface area contributed by atoms with E-state index in [-0.39, 0.29) is 0 Å². The summed E-state index contributed by atoms with van der Waals surface area (Å²) >= 11 is 0. The molecule has 0 N–H and O–H groups in total. The quantitative estimate of drug-likeness (QED) is 0.212. The maximum atomic E-state index is 5.15. The minimum atomic E-state index is 0.929. The molecule has 0 fully saturated rings. The zero-order chi connectivity index (χ0) is 27.6. The van der Waals surface area contributed by atoms with E-state index in [9.17, 15) is 0 Å². The van der Waals surface area contributed by atoms with Crippen molar-refractivity contribution in [2.75, 3.05) is 0 Å². The summed E-state index contributed by atoms with van der Waals surface area (Å²) < 4.78 is 0. The predicted molar refractivity (Wildman–Crippen MR) is 177 cm³/mol. The second-order valence-electron chi connectivity index (χ2n) is 11.0. The normalized spacial score (nSPS) is 11.8. The van der Waals surface area contributed by atoms with Crippen molar-refractivity contribution in [3.8, 4) is 33.5 Å². The standard InChI is InChI=1S/C40H24N2/c1-2-6-25(7-3-1)35-24-31-19-22-36(42-39(31)40-34(35)10-5-23-41-40)27-13-11-26(12-14-27)32-20-17-30-16-15-28-8-4-9-29-18-21-33(32)38(30)37(28)29/h1-24H. The van der Waals surface area contributed by atoms with E-state index in [2.05, 4.69) is 127 Å². The van der Waals surface area contributed by atoms with Crippen LogP contribution in [0.15, 0.2) is 146 Å². The van der Waals surface area contributed by atoms with Gasteiger partial charge in [0, 0.05) is 22.5 Å². The lowest BCUT2D eigenvalue weighted by Gasteiger charge is -2.14. The van der Waals surface area contributed by atoms with Crippen molar-refractivity contribution in [2.45, 2.75) is 0 Å². The summed E-state index contributed by atoms with van der Waals surface area (Å²) in [7, 11) is 0. The molecule has 0 unspecified atom stereocenters. The largest absolute Gasteiger partial charge is 0.254 e. The highest BCUT2D eigenvalue weighted by Crippen LogP contribution is 2.40. The highest BCUT2D eigenvalue weighted by molar-refractivity contribution is 6.25. The molecule has 0 saturated carbocycles. The Bertz CT molecular complexity index is 2430. The van der Waals surface area contributed by atoms with E-state index in [0.717, 1.165) is 33.1 Å². The number of hydrogen-bond acceptors (Lipinski definition) is 2. The van der Waals surface area contributed by atoms with Crippen molar-refractivity contribution in [3.63, 3.8) is 0 Å². The van der Waals surface area contributed by atoms with Gasteiger partial charge in [0.05, 0.1) is 16.7 Å². The maximum absolute atomic E-state index is 5.15. The van der Waals surface area contributed by atoms with Crippen molar-refractivity contribution in [1.82, 2.24) is 9.97 Å². The van der Waals surface area contributed by atoms with Gasteiger partial charge >= 0.3 is 0 Å². The smallest absolute Gasteiger partial charge is 0.0972 e. The van der Waals surface area contributed by atoms with Gasteiger partial charge in [0.25, 0.3) is 0 Å². The number of rotatable bonds is 3. The molecule has 0 radical (unpaired) electrons. The lowest BCUT2D eigenvalue weighted by molar-refractivity contribution is 1.37. The molecule has 194 valence electrons. The first-order valence-electron chi connectivity index (χ1n) is 14.3. The second kappa shape index (κ2) is 8.95. The van der Waals surface area contributed by atoms with Gasteiger partial charge in [-0.05, 0) is 72.8 Å². The van der Waals surface area contributed by atoms with Gasteiger partial charge in [0.2, 0.25) is 0 Å². The van der Waals surface area contributed by atoms with Crippen LogP contribution in [-0.2, 0) is 0 Å². The fraction of sp³-hybridized carbons (Fsp3) is 0. The Morgan fingerprint density at radius 3 is 1.90 bits per heavy atom. The molecule has 2 heteroatoms. The summed E-state index contributed by atoms with van der Waals surface area (Å²) in [5.41, 5.74) is 8.72. The summed E-state index contributed by atoms with van der Waals surface area (Å²) in [6.07, 6.45) is 1.86. The molecule has 0 atom stereocenters. The Kier molecular flexibility index (Phi) is 4.93. The third-order valence-corrected chi connectivity index (χ3v) is 8.65. The Balaban J connectivity index is 1.16. The third-order valence-electron chi connectivity index (χ3n) is 8.65. The van der Waals surface area contributed by atoms with Crippen LogP contribution in [0.3, 0.4) is 0 Å². The van der Waals surface area contributed by atoms with E-state index in [1.54, 1.807) is 0 Å². The van der Waals surface area contributed by atoms with Crippen LogP contribution in [0.4, 0.5) is 0 Å². The van der Waals surface area contributed by atoms with Gasteiger partial charge in [0.15, 0.2) is 0 Å². The maximum Gasteiger partial charge on any atom is 0.0972 e. The van der Waals surface area contributed by atoms with Crippen molar-refractivity contribution in [1.29, 1.82) is 0 Å². The van der Waals surface area contributed by atoms with E-state index in [4.69, 9.17) is 9.97 Å². The Morgan fingerprint density at radius 1 is 0.381 bits per heavy atom. The van der Waals surface area contributed by atoms with Crippen molar-refractivity contribution < 1.29 is 0 Å². The second-order valence-corrected chi connectivity index (χ2v) is 11.0. The van der Waals surface area contributed by atoms with E-state index in [1.165, 1.54) is 54.6 Å². The van der Waals surface area contributed by atoms with Crippen molar-refractivity contribution in [2.24, 2.45) is 0 Å². The van der Waals surface area contributed by atoms with Crippen LogP contribution in [0.5, 0.6) is 0 Å². The molecule has 9 rings (SSSR count). The molecule has 0 aliphatic rings. The summed E-state index contributed by atoms with van der Waals surface area (Å²) in [4.78, 5) is 9.94. The van der Waals surface area contributed by atoms with Crippen LogP contribution in [-0.4, -0.2) is 9.97 Å². The predicted octanol–water partition coefficient (Wildman–Crippen LogP) is 10.7. The summed E-state index contributed by atoms with van der Waals surface area (Å²) in [5.74, 6) is 0. The highest BCUT2D eigenvalue weighted by atomic mass is 14.8. The lowest BCUT2D eigenvalue weighted by Crippen LogP contribution is -1.91. The number of hydrogen-bond donors (Lipinski definition) is 0. The molecular formula is C40H24N2. The molecule has 2 heterocycles. The highest BCUT2D eigenvalue weighted by Gasteiger charge is 2.14. The molecular weight excluding hydrogens is 508 g/mol. The molecule has 0 saturated heterocycles. The SMILES string of the molecule is c1ccc(-c2cc3ccc(-c4ccc(-c5ccc6ccc7cccc8ccc5c6c78)cc4)nc3c3ncccc23)cc1. The van der Waals surface area contributed by atoms with Crippen molar-refractivity contribution >= 4 is 54.1 Å². The number of nitrogens with zero attached hydrogens (tertiary/aromatic N) is 2. The lowest BCUT2D eigenvalue weighted by atomic mass is 9.89. The third kappa shape index (κ3) is 3.45. The van der Waals surface area contributed by atoms with Gasteiger partial charge in [-0.1, -0.05) is 121 Å². The molecule has 0 bridgehead atoms. The van der Waals surface area contributed by atoms with Gasteiger partial charge in [-0.2, -0.15) is 0 Å². The summed E-state index contributed by atoms with van der Waals surface area (Å²) in [6, 6.07) is 50.1. The van der Waals surface area contributed by atoms with Gasteiger partial charge in [-0.25, -0.2) is 4.98 Å². The molecule has 2 aromatic heterocycles. The van der Waals surface area contributed by atoms with Crippen LogP contribution in [0.2, 0.25) is 0 Å². The molecule has 9 aromatic rings. The van der Waals surface area contributed by atoms with E-state index < -0.39 is 0 Å². The number of fused-ring (bicyclic) bond motifs is 3. The van der Waals surface area contributed by atoms with Crippen LogP contribution < -0.4 is 0 Å². The Hall–Kier alpha value is -5.60. The van der Waals surface area contributed by atoms with Crippen LogP contribution >= 0.6 is 0 Å². The Labute approximate surface area is 242 Å². The molecule has 0 spiro atoms. The van der Waals surface area contributed by atoms with Gasteiger partial charge < -0.3 is 0 Å². The molecule has 2 nitrogen and oxygen atoms in total. The van der Waals surface area contributed by atoms with Crippen molar-refractivity contribution in [3.05, 3.63) is 146 Å². The first kappa shape index (κ1) is 23.1. The fourth-order valence-electron chi connectivity index (χ4n) is 6.65. The van der Waals surface area contributed by atoms with E-state index in [1.807, 2.05) is 18.3 Å². The number of benzene rings is 7. The molecule has 0 aliphatic carbocycles. The van der Waals surface area contributed by atoms with Gasteiger partial charge in [0.1, 0.15) is 0 Å². The summed E-state index contributed by atoms with van der Waals surface area (Å²) in [5, 5.41) is 10.1. The topological polar surface area (TPSA) is 25.8 Å². The molecule has 7 aromatic carbocycles.